The van der Waals surface area contributed by atoms with Gasteiger partial charge in [0.2, 0.25) is 0 Å². The Morgan fingerprint density at radius 1 is 1.40 bits per heavy atom. The third-order valence-corrected chi connectivity index (χ3v) is 3.68. The molecule has 104 valence electrons. The lowest BCUT2D eigenvalue weighted by Gasteiger charge is -2.04. The molecular weight excluding hydrogens is 280 g/mol. The fourth-order valence-electron chi connectivity index (χ4n) is 1.77. The minimum Gasteiger partial charge on any atom is -0.348 e. The van der Waals surface area contributed by atoms with Crippen molar-refractivity contribution >= 4 is 22.8 Å². The Labute approximate surface area is 118 Å². The molecule has 0 aliphatic rings. The number of pyridine rings is 1. The predicted octanol–water partition coefficient (Wildman–Crippen LogP) is 2.48. The fourth-order valence-corrected chi connectivity index (χ4v) is 2.47. The molecule has 0 saturated carbocycles. The summed E-state index contributed by atoms with van der Waals surface area (Å²) in [5.74, 6) is 0.0653. The van der Waals surface area contributed by atoms with E-state index < -0.39 is 16.0 Å². The van der Waals surface area contributed by atoms with Crippen LogP contribution in [0, 0.1) is 10.1 Å². The molecule has 0 amide bonds. The van der Waals surface area contributed by atoms with E-state index >= 15 is 0 Å². The maximum absolute atomic E-state index is 11.8. The molecule has 0 aliphatic heterocycles. The molecule has 2 aromatic rings. The lowest BCUT2D eigenvalue weighted by Crippen LogP contribution is -2.11. The van der Waals surface area contributed by atoms with Crippen molar-refractivity contribution in [2.24, 2.45) is 0 Å². The van der Waals surface area contributed by atoms with Crippen LogP contribution in [0.15, 0.2) is 40.8 Å². The first-order valence-electron chi connectivity index (χ1n) is 5.99. The maximum Gasteiger partial charge on any atom is 0.332 e. The number of aromatic nitrogens is 1. The van der Waals surface area contributed by atoms with Gasteiger partial charge in [0.05, 0.1) is 16.0 Å². The van der Waals surface area contributed by atoms with Gasteiger partial charge in [-0.3, -0.25) is 19.7 Å². The van der Waals surface area contributed by atoms with E-state index in [4.69, 9.17) is 0 Å². The van der Waals surface area contributed by atoms with Crippen LogP contribution in [-0.4, -0.2) is 15.3 Å². The van der Waals surface area contributed by atoms with Crippen molar-refractivity contribution in [1.82, 2.24) is 4.57 Å². The summed E-state index contributed by atoms with van der Waals surface area (Å²) in [5, 5.41) is 12.5. The van der Waals surface area contributed by atoms with Crippen LogP contribution in [0.3, 0.4) is 0 Å². The second-order valence-electron chi connectivity index (χ2n) is 4.19. The number of carbonyl (C=O) groups excluding carboxylic acids is 1. The topological polar surface area (TPSA) is 82.2 Å². The van der Waals surface area contributed by atoms with E-state index in [-0.39, 0.29) is 5.78 Å². The van der Waals surface area contributed by atoms with E-state index in [1.165, 1.54) is 29.8 Å². The quantitative estimate of drug-likeness (QED) is 0.465. The Morgan fingerprint density at radius 3 is 2.85 bits per heavy atom. The second kappa shape index (κ2) is 6.25. The Bertz CT molecular complexity index is 676. The molecule has 0 spiro atoms. The van der Waals surface area contributed by atoms with Crippen molar-refractivity contribution in [2.45, 2.75) is 19.4 Å². The summed E-state index contributed by atoms with van der Waals surface area (Å²) in [4.78, 5) is 33.7. The predicted molar refractivity (Wildman–Crippen MR) is 75.2 cm³/mol. The summed E-state index contributed by atoms with van der Waals surface area (Å²) in [7, 11) is 0. The Hall–Kier alpha value is -2.28. The molecule has 6 nitrogen and oxygen atoms in total. The number of ketones is 1. The lowest BCUT2D eigenvalue weighted by molar-refractivity contribution is -0.386. The summed E-state index contributed by atoms with van der Waals surface area (Å²) in [6.07, 6.45) is 3.64. The number of hydrogen-bond donors (Lipinski definition) is 0. The molecule has 0 aliphatic carbocycles. The van der Waals surface area contributed by atoms with Gasteiger partial charge in [-0.1, -0.05) is 6.07 Å². The van der Waals surface area contributed by atoms with Crippen LogP contribution in [0.2, 0.25) is 0 Å². The minimum absolute atomic E-state index is 0.0653. The summed E-state index contributed by atoms with van der Waals surface area (Å²) < 4.78 is 1.56. The zero-order valence-corrected chi connectivity index (χ0v) is 11.3. The van der Waals surface area contributed by atoms with Crippen molar-refractivity contribution in [3.63, 3.8) is 0 Å². The van der Waals surface area contributed by atoms with Crippen molar-refractivity contribution < 1.29 is 9.72 Å². The number of nitrogens with zero attached hydrogens (tertiary/aromatic N) is 2. The van der Waals surface area contributed by atoms with Gasteiger partial charge in [0.25, 0.3) is 5.43 Å². The number of carbonyl (C=O) groups is 1. The number of nitro groups is 1. The molecule has 2 heterocycles. The molecule has 2 aromatic heterocycles. The van der Waals surface area contributed by atoms with Crippen LogP contribution in [0.25, 0.3) is 0 Å². The summed E-state index contributed by atoms with van der Waals surface area (Å²) in [6.45, 7) is 0.457. The molecule has 0 radical (unpaired) electrons. The first kappa shape index (κ1) is 14.1. The average Bonchev–Trinajstić information content (AvgIpc) is 2.94. The van der Waals surface area contributed by atoms with Crippen molar-refractivity contribution in [1.29, 1.82) is 0 Å². The van der Waals surface area contributed by atoms with E-state index in [2.05, 4.69) is 0 Å². The van der Waals surface area contributed by atoms with Crippen LogP contribution in [0.5, 0.6) is 0 Å². The number of thiophene rings is 1. The number of aryl methyl sites for hydroxylation is 1. The van der Waals surface area contributed by atoms with Crippen LogP contribution in [-0.2, 0) is 6.54 Å². The van der Waals surface area contributed by atoms with E-state index in [0.29, 0.717) is 19.4 Å². The number of hydrogen-bond acceptors (Lipinski definition) is 5. The normalized spacial score (nSPS) is 10.4. The zero-order valence-electron chi connectivity index (χ0n) is 10.5. The van der Waals surface area contributed by atoms with Gasteiger partial charge < -0.3 is 4.57 Å². The first-order chi connectivity index (χ1) is 9.58. The maximum atomic E-state index is 11.8. The molecule has 0 saturated heterocycles. The zero-order chi connectivity index (χ0) is 14.5. The van der Waals surface area contributed by atoms with E-state index in [9.17, 15) is 19.7 Å². The SMILES string of the molecule is O=C(CCCn1ccc(=O)c([N+](=O)[O-])c1)c1cccs1. The van der Waals surface area contributed by atoms with Gasteiger partial charge in [-0.15, -0.1) is 11.3 Å². The highest BCUT2D eigenvalue weighted by Crippen LogP contribution is 2.13. The van der Waals surface area contributed by atoms with E-state index in [0.717, 1.165) is 4.88 Å². The largest absolute Gasteiger partial charge is 0.348 e. The highest BCUT2D eigenvalue weighted by Gasteiger charge is 2.12. The summed E-state index contributed by atoms with van der Waals surface area (Å²) in [6, 6.07) is 4.76. The van der Waals surface area contributed by atoms with Crippen LogP contribution >= 0.6 is 11.3 Å². The average molecular weight is 292 g/mol. The highest BCUT2D eigenvalue weighted by molar-refractivity contribution is 7.12. The molecule has 0 atom stereocenters. The van der Waals surface area contributed by atoms with Crippen LogP contribution < -0.4 is 5.43 Å². The van der Waals surface area contributed by atoms with Crippen LogP contribution in [0.1, 0.15) is 22.5 Å². The lowest BCUT2D eigenvalue weighted by atomic mass is 10.2. The van der Waals surface area contributed by atoms with E-state index in [1.54, 1.807) is 10.6 Å². The van der Waals surface area contributed by atoms with Gasteiger partial charge >= 0.3 is 5.69 Å². The van der Waals surface area contributed by atoms with Gasteiger partial charge in [0, 0.05) is 25.2 Å². The van der Waals surface area contributed by atoms with E-state index in [1.807, 2.05) is 11.4 Å². The van der Waals surface area contributed by atoms with Crippen LogP contribution in [0.4, 0.5) is 5.69 Å². The van der Waals surface area contributed by atoms with Gasteiger partial charge in [-0.2, -0.15) is 0 Å². The number of Topliss-reactive ketones (excluding diaryl/α,β-unsaturated/α-hetero) is 1. The molecule has 7 heteroatoms. The van der Waals surface area contributed by atoms with Gasteiger partial charge in [-0.25, -0.2) is 0 Å². The van der Waals surface area contributed by atoms with Gasteiger partial charge in [0.1, 0.15) is 0 Å². The highest BCUT2D eigenvalue weighted by atomic mass is 32.1. The third kappa shape index (κ3) is 3.39. The molecule has 20 heavy (non-hydrogen) atoms. The minimum atomic E-state index is -0.699. The Kier molecular flexibility index (Phi) is 4.41. The third-order valence-electron chi connectivity index (χ3n) is 2.77. The Morgan fingerprint density at radius 2 is 2.20 bits per heavy atom. The summed E-state index contributed by atoms with van der Waals surface area (Å²) >= 11 is 1.40. The molecule has 0 fully saturated rings. The van der Waals surface area contributed by atoms with Gasteiger partial charge in [0.15, 0.2) is 5.78 Å². The molecular formula is C13H12N2O4S. The molecule has 0 unspecified atom stereocenters. The Balaban J connectivity index is 1.95. The molecule has 0 aromatic carbocycles. The number of rotatable bonds is 6. The van der Waals surface area contributed by atoms with Crippen molar-refractivity contribution in [3.05, 3.63) is 61.2 Å². The monoisotopic (exact) mass is 292 g/mol. The van der Waals surface area contributed by atoms with Crippen molar-refractivity contribution in [2.75, 3.05) is 0 Å². The molecule has 2 rings (SSSR count). The fraction of sp³-hybridized carbons (Fsp3) is 0.231. The van der Waals surface area contributed by atoms with Gasteiger partial charge in [-0.05, 0) is 17.9 Å². The second-order valence-corrected chi connectivity index (χ2v) is 5.14. The first-order valence-corrected chi connectivity index (χ1v) is 6.87. The standard InChI is InChI=1S/C13H12N2O4S/c16-11-5-7-14(9-10(11)15(18)19)6-1-3-12(17)13-4-2-8-20-13/h2,4-5,7-9H,1,3,6H2. The molecule has 0 N–H and O–H groups in total. The molecule has 0 bridgehead atoms. The smallest absolute Gasteiger partial charge is 0.332 e. The van der Waals surface area contributed by atoms with Crippen molar-refractivity contribution in [3.8, 4) is 0 Å². The summed E-state index contributed by atoms with van der Waals surface area (Å²) in [5.41, 5.74) is -1.06.